The predicted molar refractivity (Wildman–Crippen MR) is 68.6 cm³/mol. The van der Waals surface area contributed by atoms with Gasteiger partial charge in [0, 0.05) is 10.9 Å². The summed E-state index contributed by atoms with van der Waals surface area (Å²) in [4.78, 5) is 4.57. The van der Waals surface area contributed by atoms with Gasteiger partial charge in [0.15, 0.2) is 5.90 Å². The van der Waals surface area contributed by atoms with E-state index in [0.717, 1.165) is 23.2 Å². The quantitative estimate of drug-likeness (QED) is 0.923. The van der Waals surface area contributed by atoms with E-state index in [1.165, 1.54) is 5.56 Å². The third-order valence-corrected chi connectivity index (χ3v) is 3.29. The number of aliphatic imine (C=N–C) groups is 1. The summed E-state index contributed by atoms with van der Waals surface area (Å²) in [6.45, 7) is 1.32. The van der Waals surface area contributed by atoms with Crippen molar-refractivity contribution in [2.75, 3.05) is 13.2 Å². The first-order valence-electron chi connectivity index (χ1n) is 5.45. The normalized spacial score (nSPS) is 19.4. The third-order valence-electron chi connectivity index (χ3n) is 2.57. The molecule has 0 bridgehead atoms. The van der Waals surface area contributed by atoms with Crippen molar-refractivity contribution < 1.29 is 4.74 Å². The van der Waals surface area contributed by atoms with Gasteiger partial charge in [-0.1, -0.05) is 34.1 Å². The van der Waals surface area contributed by atoms with Crippen LogP contribution in [0.25, 0.3) is 0 Å². The third kappa shape index (κ3) is 2.62. The molecule has 1 aromatic rings. The van der Waals surface area contributed by atoms with Gasteiger partial charge in [0.05, 0.1) is 0 Å². The van der Waals surface area contributed by atoms with E-state index in [0.29, 0.717) is 13.2 Å². The molecule has 2 rings (SSSR count). The molecule has 0 spiro atoms. The Hall–Kier alpha value is -0.870. The lowest BCUT2D eigenvalue weighted by Crippen LogP contribution is -2.04. The van der Waals surface area contributed by atoms with Crippen molar-refractivity contribution in [3.05, 3.63) is 34.3 Å². The first kappa shape index (κ1) is 11.6. The van der Waals surface area contributed by atoms with Crippen LogP contribution in [-0.4, -0.2) is 19.0 Å². The molecule has 1 unspecified atom stereocenters. The van der Waals surface area contributed by atoms with Gasteiger partial charge in [-0.15, -0.1) is 0 Å². The van der Waals surface area contributed by atoms with Crippen molar-refractivity contribution in [1.29, 1.82) is 0 Å². The molecule has 0 amide bonds. The molecule has 0 saturated heterocycles. The molecule has 1 aliphatic heterocycles. The van der Waals surface area contributed by atoms with E-state index in [1.54, 1.807) is 0 Å². The minimum Gasteiger partial charge on any atom is -0.478 e. The maximum Gasteiger partial charge on any atom is 0.184 e. The number of rotatable bonds is 4. The number of benzene rings is 1. The summed E-state index contributed by atoms with van der Waals surface area (Å²) in [5.41, 5.74) is 6.64. The summed E-state index contributed by atoms with van der Waals surface area (Å²) >= 11 is 3.53. The lowest BCUT2D eigenvalue weighted by atomic mass is 10.1. The second-order valence-electron chi connectivity index (χ2n) is 3.76. The molecule has 86 valence electrons. The van der Waals surface area contributed by atoms with Crippen LogP contribution in [0.15, 0.2) is 33.7 Å². The highest BCUT2D eigenvalue weighted by Gasteiger charge is 2.21. The van der Waals surface area contributed by atoms with Gasteiger partial charge in [-0.2, -0.15) is 0 Å². The Kier molecular flexibility index (Phi) is 3.96. The molecule has 0 aliphatic carbocycles. The van der Waals surface area contributed by atoms with Crippen molar-refractivity contribution in [3.8, 4) is 0 Å². The molecule has 1 aromatic carbocycles. The average molecular weight is 283 g/mol. The summed E-state index contributed by atoms with van der Waals surface area (Å²) in [7, 11) is 0. The SMILES string of the molecule is NCCCC1=NC(c2ccccc2Br)CO1. The van der Waals surface area contributed by atoms with E-state index in [-0.39, 0.29) is 6.04 Å². The van der Waals surface area contributed by atoms with E-state index in [2.05, 4.69) is 27.0 Å². The average Bonchev–Trinajstić information content (AvgIpc) is 2.75. The topological polar surface area (TPSA) is 47.6 Å². The Morgan fingerprint density at radius 1 is 1.44 bits per heavy atom. The van der Waals surface area contributed by atoms with E-state index < -0.39 is 0 Å². The van der Waals surface area contributed by atoms with Crippen molar-refractivity contribution in [1.82, 2.24) is 0 Å². The lowest BCUT2D eigenvalue weighted by molar-refractivity contribution is 0.311. The number of hydrogen-bond acceptors (Lipinski definition) is 3. The van der Waals surface area contributed by atoms with Crippen LogP contribution in [0.2, 0.25) is 0 Å². The molecule has 1 heterocycles. The van der Waals surface area contributed by atoms with Crippen LogP contribution in [-0.2, 0) is 4.74 Å². The van der Waals surface area contributed by atoms with Crippen LogP contribution in [0.4, 0.5) is 0 Å². The van der Waals surface area contributed by atoms with Gasteiger partial charge in [0.1, 0.15) is 12.6 Å². The minimum atomic E-state index is 0.128. The van der Waals surface area contributed by atoms with Gasteiger partial charge in [-0.25, -0.2) is 4.99 Å². The highest BCUT2D eigenvalue weighted by molar-refractivity contribution is 9.10. The Morgan fingerprint density at radius 2 is 2.25 bits per heavy atom. The Bertz CT molecular complexity index is 392. The van der Waals surface area contributed by atoms with E-state index >= 15 is 0 Å². The predicted octanol–water partition coefficient (Wildman–Crippen LogP) is 2.66. The van der Waals surface area contributed by atoms with E-state index in [1.807, 2.05) is 18.2 Å². The lowest BCUT2D eigenvalue weighted by Gasteiger charge is -2.06. The van der Waals surface area contributed by atoms with E-state index in [9.17, 15) is 0 Å². The summed E-state index contributed by atoms with van der Waals surface area (Å²) < 4.78 is 6.64. The van der Waals surface area contributed by atoms with Crippen molar-refractivity contribution in [2.45, 2.75) is 18.9 Å². The van der Waals surface area contributed by atoms with Gasteiger partial charge in [-0.05, 0) is 24.6 Å². The Morgan fingerprint density at radius 3 is 3.00 bits per heavy atom. The number of nitrogens with zero attached hydrogens (tertiary/aromatic N) is 1. The fraction of sp³-hybridized carbons (Fsp3) is 0.417. The Labute approximate surface area is 104 Å². The highest BCUT2D eigenvalue weighted by Crippen LogP contribution is 2.29. The summed E-state index contributed by atoms with van der Waals surface area (Å²) in [5, 5.41) is 0. The molecule has 0 aromatic heterocycles. The van der Waals surface area contributed by atoms with Gasteiger partial charge < -0.3 is 10.5 Å². The smallest absolute Gasteiger partial charge is 0.184 e. The summed E-state index contributed by atoms with van der Waals surface area (Å²) in [5.74, 6) is 0.839. The van der Waals surface area contributed by atoms with Gasteiger partial charge >= 0.3 is 0 Å². The molecule has 0 saturated carbocycles. The minimum absolute atomic E-state index is 0.128. The second-order valence-corrected chi connectivity index (χ2v) is 4.62. The molecule has 1 atom stereocenters. The monoisotopic (exact) mass is 282 g/mol. The molecule has 0 radical (unpaired) electrons. The maximum atomic E-state index is 5.55. The zero-order valence-electron chi connectivity index (χ0n) is 9.03. The highest BCUT2D eigenvalue weighted by atomic mass is 79.9. The van der Waals surface area contributed by atoms with Gasteiger partial charge in [0.2, 0.25) is 0 Å². The van der Waals surface area contributed by atoms with Crippen LogP contribution in [0.3, 0.4) is 0 Å². The summed E-state index contributed by atoms with van der Waals surface area (Å²) in [6.07, 6.45) is 1.78. The molecule has 3 nitrogen and oxygen atoms in total. The first-order valence-corrected chi connectivity index (χ1v) is 6.24. The van der Waals surface area contributed by atoms with Crippen LogP contribution >= 0.6 is 15.9 Å². The fourth-order valence-corrected chi connectivity index (χ4v) is 2.27. The molecule has 1 aliphatic rings. The van der Waals surface area contributed by atoms with Crippen LogP contribution in [0.5, 0.6) is 0 Å². The molecule has 16 heavy (non-hydrogen) atoms. The molecular weight excluding hydrogens is 268 g/mol. The van der Waals surface area contributed by atoms with Crippen molar-refractivity contribution in [2.24, 2.45) is 10.7 Å². The van der Waals surface area contributed by atoms with Crippen LogP contribution in [0.1, 0.15) is 24.4 Å². The molecule has 4 heteroatoms. The zero-order chi connectivity index (χ0) is 11.4. The van der Waals surface area contributed by atoms with Crippen molar-refractivity contribution >= 4 is 21.8 Å². The maximum absolute atomic E-state index is 5.55. The standard InChI is InChI=1S/C12H15BrN2O/c13-10-5-2-1-4-9(10)11-8-16-12(15-11)6-3-7-14/h1-2,4-5,11H,3,6-8,14H2. The largest absolute Gasteiger partial charge is 0.478 e. The van der Waals surface area contributed by atoms with E-state index in [4.69, 9.17) is 10.5 Å². The fourth-order valence-electron chi connectivity index (χ4n) is 1.72. The van der Waals surface area contributed by atoms with Crippen LogP contribution < -0.4 is 5.73 Å². The number of hydrogen-bond donors (Lipinski definition) is 1. The molecule has 0 fully saturated rings. The molecular formula is C12H15BrN2O. The van der Waals surface area contributed by atoms with Gasteiger partial charge in [0.25, 0.3) is 0 Å². The van der Waals surface area contributed by atoms with Gasteiger partial charge in [-0.3, -0.25) is 0 Å². The second kappa shape index (κ2) is 5.46. The first-order chi connectivity index (χ1) is 7.81. The number of ether oxygens (including phenoxy) is 1. The molecule has 2 N–H and O–H groups in total. The number of halogens is 1. The Balaban J connectivity index is 2.07. The number of nitrogens with two attached hydrogens (primary N) is 1. The van der Waals surface area contributed by atoms with Crippen molar-refractivity contribution in [3.63, 3.8) is 0 Å². The van der Waals surface area contributed by atoms with Crippen LogP contribution in [0, 0.1) is 0 Å². The summed E-state index contributed by atoms with van der Waals surface area (Å²) in [6, 6.07) is 8.26. The zero-order valence-corrected chi connectivity index (χ0v) is 10.6.